The van der Waals surface area contributed by atoms with E-state index < -0.39 is 16.7 Å². The van der Waals surface area contributed by atoms with Gasteiger partial charge in [0.1, 0.15) is 16.7 Å². The van der Waals surface area contributed by atoms with Gasteiger partial charge in [0.25, 0.3) is 0 Å². The van der Waals surface area contributed by atoms with Crippen LogP contribution in [0.1, 0.15) is 0 Å². The van der Waals surface area contributed by atoms with Gasteiger partial charge < -0.3 is 4.55 Å². The van der Waals surface area contributed by atoms with E-state index in [0.717, 1.165) is 0 Å². The van der Waals surface area contributed by atoms with Crippen molar-refractivity contribution in [2.24, 2.45) is 0 Å². The topological polar surface area (TPSA) is 57.2 Å². The molecule has 0 spiro atoms. The van der Waals surface area contributed by atoms with Gasteiger partial charge >= 0.3 is 18.9 Å². The first-order valence-corrected chi connectivity index (χ1v) is 7.65. The molecule has 0 unspecified atom stereocenters. The van der Waals surface area contributed by atoms with Gasteiger partial charge in [0.2, 0.25) is 0 Å². The molecule has 0 N–H and O–H groups in total. The number of halogens is 2. The monoisotopic (exact) mass is 264 g/mol. The summed E-state index contributed by atoms with van der Waals surface area (Å²) >= 11 is 11.1. The maximum atomic E-state index is 10.7. The summed E-state index contributed by atoms with van der Waals surface area (Å²) in [6.45, 7) is -1.62. The van der Waals surface area contributed by atoms with Gasteiger partial charge in [-0.05, 0) is 6.07 Å². The van der Waals surface area contributed by atoms with Gasteiger partial charge in [0, 0.05) is 5.30 Å². The average Bonchev–Trinajstić information content (AvgIpc) is 2.03. The van der Waals surface area contributed by atoms with E-state index in [2.05, 4.69) is 0 Å². The second kappa shape index (κ2) is 5.72. The first kappa shape index (κ1) is 14.7. The van der Waals surface area contributed by atoms with Gasteiger partial charge in [-0.3, -0.25) is 0 Å². The molecule has 8 heteroatoms. The third-order valence-corrected chi connectivity index (χ3v) is 4.21. The molecular formula is C6H4Cl2LiO3PS. The molecule has 0 bridgehead atoms. The van der Waals surface area contributed by atoms with E-state index >= 15 is 0 Å². The summed E-state index contributed by atoms with van der Waals surface area (Å²) in [5.41, 5.74) is 0. The number of benzene rings is 1. The predicted octanol–water partition coefficient (Wildman–Crippen LogP) is -0.990. The van der Waals surface area contributed by atoms with E-state index in [1.165, 1.54) is 18.2 Å². The first-order valence-electron chi connectivity index (χ1n) is 3.09. The molecule has 0 aliphatic heterocycles. The third-order valence-electron chi connectivity index (χ3n) is 1.32. The van der Waals surface area contributed by atoms with E-state index in [1.54, 1.807) is 6.07 Å². The van der Waals surface area contributed by atoms with Crippen LogP contribution in [0, 0.1) is 0 Å². The summed E-state index contributed by atoms with van der Waals surface area (Å²) in [6.07, 6.45) is 0. The Morgan fingerprint density at radius 1 is 1.21 bits per heavy atom. The molecule has 0 aliphatic rings. The van der Waals surface area contributed by atoms with E-state index in [4.69, 9.17) is 22.5 Å². The Hall–Kier alpha value is 0.737. The van der Waals surface area contributed by atoms with Crippen molar-refractivity contribution in [2.45, 2.75) is 4.90 Å². The number of hydrogen-bond donors (Lipinski definition) is 0. The van der Waals surface area contributed by atoms with E-state index in [-0.39, 0.29) is 29.1 Å². The second-order valence-electron chi connectivity index (χ2n) is 2.15. The molecular weight excluding hydrogens is 261 g/mol. The fraction of sp³-hybridized carbons (Fsp3) is 0. The molecule has 14 heavy (non-hydrogen) atoms. The number of hydrogen-bond acceptors (Lipinski definition) is 3. The van der Waals surface area contributed by atoms with Crippen LogP contribution in [0.5, 0.6) is 0 Å². The smallest absolute Gasteiger partial charge is 0.744 e. The maximum Gasteiger partial charge on any atom is 1.00 e. The predicted molar refractivity (Wildman–Crippen MR) is 52.7 cm³/mol. The summed E-state index contributed by atoms with van der Waals surface area (Å²) in [7, 11) is -4.48. The Bertz CT molecular complexity index is 409. The standard InChI is InChI=1S/C6H5Cl2O3PS.Li/c7-12(8)5-3-1-2-4-6(5)13(9,10)11;/h1-4H,(H,9,10,11);/q;+1/p-1. The molecule has 1 aromatic carbocycles. The molecule has 0 aliphatic carbocycles. The van der Waals surface area contributed by atoms with Crippen molar-refractivity contribution in [3.05, 3.63) is 24.3 Å². The van der Waals surface area contributed by atoms with E-state index in [0.29, 0.717) is 0 Å². The molecule has 0 atom stereocenters. The van der Waals surface area contributed by atoms with Crippen LogP contribution in [0.4, 0.5) is 0 Å². The van der Waals surface area contributed by atoms with Crippen LogP contribution in [0.2, 0.25) is 0 Å². The Labute approximate surface area is 105 Å². The summed E-state index contributed by atoms with van der Waals surface area (Å²) < 4.78 is 32.1. The van der Waals surface area contributed by atoms with Crippen LogP contribution in [-0.2, 0) is 10.1 Å². The van der Waals surface area contributed by atoms with Gasteiger partial charge in [-0.25, -0.2) is 8.42 Å². The van der Waals surface area contributed by atoms with E-state index in [1.807, 2.05) is 0 Å². The van der Waals surface area contributed by atoms with E-state index in [9.17, 15) is 13.0 Å². The minimum absolute atomic E-state index is 0. The summed E-state index contributed by atoms with van der Waals surface area (Å²) in [6, 6.07) is 5.64. The van der Waals surface area contributed by atoms with Crippen LogP contribution in [-0.4, -0.2) is 13.0 Å². The molecule has 0 saturated heterocycles. The van der Waals surface area contributed by atoms with Crippen molar-refractivity contribution in [1.29, 1.82) is 0 Å². The third kappa shape index (κ3) is 3.71. The van der Waals surface area contributed by atoms with Crippen LogP contribution >= 0.6 is 29.1 Å². The van der Waals surface area contributed by atoms with Crippen LogP contribution in [0.25, 0.3) is 0 Å². The molecule has 0 heterocycles. The molecule has 0 amide bonds. The molecule has 0 saturated carbocycles. The Morgan fingerprint density at radius 3 is 2.07 bits per heavy atom. The zero-order valence-corrected chi connectivity index (χ0v) is 10.4. The Kier molecular flexibility index (Phi) is 6.02. The van der Waals surface area contributed by atoms with Crippen molar-refractivity contribution in [3.8, 4) is 0 Å². The second-order valence-corrected chi connectivity index (χ2v) is 7.00. The zero-order valence-electron chi connectivity index (χ0n) is 7.15. The van der Waals surface area contributed by atoms with Crippen LogP contribution < -0.4 is 24.2 Å². The SMILES string of the molecule is O=S(=O)([O-])c1ccccc1P(Cl)Cl.[Li+]. The zero-order chi connectivity index (χ0) is 10.1. The van der Waals surface area contributed by atoms with Gasteiger partial charge in [-0.1, -0.05) is 40.7 Å². The van der Waals surface area contributed by atoms with Crippen LogP contribution in [0.3, 0.4) is 0 Å². The van der Waals surface area contributed by atoms with Gasteiger partial charge in [0.05, 0.1) is 4.90 Å². The van der Waals surface area contributed by atoms with Crippen molar-refractivity contribution >= 4 is 44.5 Å². The quantitative estimate of drug-likeness (QED) is 0.392. The largest absolute Gasteiger partial charge is 1.00 e. The minimum Gasteiger partial charge on any atom is -0.744 e. The van der Waals surface area contributed by atoms with Gasteiger partial charge in [0.15, 0.2) is 0 Å². The fourth-order valence-corrected chi connectivity index (χ4v) is 3.61. The van der Waals surface area contributed by atoms with Crippen molar-refractivity contribution < 1.29 is 31.8 Å². The number of rotatable bonds is 2. The van der Waals surface area contributed by atoms with Crippen molar-refractivity contribution in [2.75, 3.05) is 0 Å². The molecule has 3 nitrogen and oxygen atoms in total. The maximum absolute atomic E-state index is 10.7. The van der Waals surface area contributed by atoms with Gasteiger partial charge in [-0.15, -0.1) is 0 Å². The molecule has 0 radical (unpaired) electrons. The fourth-order valence-electron chi connectivity index (χ4n) is 0.808. The minimum atomic E-state index is -4.48. The molecule has 1 aromatic rings. The normalized spacial score (nSPS) is 11.1. The summed E-state index contributed by atoms with van der Waals surface area (Å²) in [4.78, 5) is -0.342. The molecule has 0 aromatic heterocycles. The van der Waals surface area contributed by atoms with Crippen molar-refractivity contribution in [3.63, 3.8) is 0 Å². The van der Waals surface area contributed by atoms with Gasteiger partial charge in [-0.2, -0.15) is 0 Å². The molecule has 1 rings (SSSR count). The Morgan fingerprint density at radius 2 is 1.71 bits per heavy atom. The molecule has 0 fully saturated rings. The summed E-state index contributed by atoms with van der Waals surface area (Å²) in [5, 5.41) is 0.177. The van der Waals surface area contributed by atoms with Crippen LogP contribution in [0.15, 0.2) is 29.2 Å². The Balaban J connectivity index is 0.00000169. The first-order chi connectivity index (χ1) is 5.93. The average molecular weight is 265 g/mol. The van der Waals surface area contributed by atoms with Crippen molar-refractivity contribution in [1.82, 2.24) is 0 Å². The summed E-state index contributed by atoms with van der Waals surface area (Å²) in [5.74, 6) is 0. The molecule has 72 valence electrons.